The fraction of sp³-hybridized carbons (Fsp3) is 0.579. The van der Waals surface area contributed by atoms with Gasteiger partial charge in [-0.15, -0.1) is 0 Å². The zero-order valence-corrected chi connectivity index (χ0v) is 17.2. The van der Waals surface area contributed by atoms with Crippen molar-refractivity contribution in [2.75, 3.05) is 19.8 Å². The molecule has 0 N–H and O–H groups in total. The molecular weight excluding hydrogens is 346 g/mol. The first kappa shape index (κ1) is 20.8. The number of rotatable bonds is 13. The molecule has 0 aliphatic heterocycles. The lowest BCUT2D eigenvalue weighted by Crippen LogP contribution is -2.45. The minimum Gasteiger partial charge on any atom is -0.374 e. The molecule has 1 heterocycles. The molecule has 0 radical (unpaired) electrons. The molecule has 2 aromatic rings. The normalized spacial score (nSPS) is 11.8. The highest BCUT2D eigenvalue weighted by atomic mass is 28.4. The van der Waals surface area contributed by atoms with E-state index in [1.807, 2.05) is 50.0 Å². The van der Waals surface area contributed by atoms with Gasteiger partial charge in [0.2, 0.25) is 0 Å². The third kappa shape index (κ3) is 6.64. The van der Waals surface area contributed by atoms with Gasteiger partial charge in [-0.2, -0.15) is 5.10 Å². The number of aromatic nitrogens is 3. The minimum absolute atomic E-state index is 0.623. The fourth-order valence-corrected chi connectivity index (χ4v) is 5.60. The van der Waals surface area contributed by atoms with Crippen LogP contribution in [-0.4, -0.2) is 43.4 Å². The Bertz CT molecular complexity index is 604. The molecule has 1 aromatic carbocycles. The molecule has 26 heavy (non-hydrogen) atoms. The number of hydrogen-bond donors (Lipinski definition) is 0. The molecule has 0 spiro atoms. The van der Waals surface area contributed by atoms with Gasteiger partial charge in [0.15, 0.2) is 5.82 Å². The summed E-state index contributed by atoms with van der Waals surface area (Å²) in [6.45, 7) is 8.68. The lowest BCUT2D eigenvalue weighted by atomic mass is 10.1. The maximum Gasteiger partial charge on any atom is 0.500 e. The van der Waals surface area contributed by atoms with Crippen LogP contribution in [0.3, 0.4) is 0 Å². The van der Waals surface area contributed by atoms with Crippen molar-refractivity contribution in [1.82, 2.24) is 14.8 Å². The molecule has 1 aromatic heterocycles. The van der Waals surface area contributed by atoms with Gasteiger partial charge in [0.25, 0.3) is 0 Å². The second-order valence-electron chi connectivity index (χ2n) is 6.03. The van der Waals surface area contributed by atoms with Crippen LogP contribution < -0.4 is 0 Å². The smallest absolute Gasteiger partial charge is 0.374 e. The van der Waals surface area contributed by atoms with Gasteiger partial charge in [-0.25, -0.2) is 4.98 Å². The number of benzene rings is 1. The Labute approximate surface area is 157 Å². The third-order valence-corrected chi connectivity index (χ3v) is 7.15. The Balaban J connectivity index is 1.79. The predicted octanol–water partition coefficient (Wildman–Crippen LogP) is 3.70. The van der Waals surface area contributed by atoms with E-state index in [0.717, 1.165) is 37.7 Å². The molecule has 144 valence electrons. The molecule has 0 atom stereocenters. The molecule has 0 fully saturated rings. The predicted molar refractivity (Wildman–Crippen MR) is 104 cm³/mol. The summed E-state index contributed by atoms with van der Waals surface area (Å²) in [4.78, 5) is 4.41. The molecular formula is C19H31N3O3Si. The van der Waals surface area contributed by atoms with Gasteiger partial charge >= 0.3 is 8.80 Å². The van der Waals surface area contributed by atoms with Crippen molar-refractivity contribution >= 4 is 8.80 Å². The Kier molecular flexibility index (Phi) is 8.97. The van der Waals surface area contributed by atoms with Crippen LogP contribution in [0.15, 0.2) is 36.7 Å². The molecule has 2 rings (SSSR count). The summed E-state index contributed by atoms with van der Waals surface area (Å²) in [6.07, 6.45) is 4.57. The van der Waals surface area contributed by atoms with Crippen LogP contribution in [0.5, 0.6) is 0 Å². The molecule has 0 aliphatic rings. The van der Waals surface area contributed by atoms with Gasteiger partial charge in [-0.1, -0.05) is 30.3 Å². The quantitative estimate of drug-likeness (QED) is 0.393. The summed E-state index contributed by atoms with van der Waals surface area (Å²) < 4.78 is 19.6. The molecule has 0 saturated carbocycles. The summed E-state index contributed by atoms with van der Waals surface area (Å²) in [5, 5.41) is 4.57. The summed E-state index contributed by atoms with van der Waals surface area (Å²) in [5.74, 6) is 0.859. The second-order valence-corrected chi connectivity index (χ2v) is 8.76. The molecule has 0 unspecified atom stereocenters. The van der Waals surface area contributed by atoms with Gasteiger partial charge in [0, 0.05) is 38.8 Å². The van der Waals surface area contributed by atoms with Crippen LogP contribution in [0.4, 0.5) is 0 Å². The van der Waals surface area contributed by atoms with E-state index >= 15 is 0 Å². The van der Waals surface area contributed by atoms with E-state index in [0.29, 0.717) is 19.8 Å². The number of hydrogen-bond acceptors (Lipinski definition) is 5. The van der Waals surface area contributed by atoms with Crippen LogP contribution >= 0.6 is 0 Å². The van der Waals surface area contributed by atoms with Crippen molar-refractivity contribution in [2.24, 2.45) is 0 Å². The van der Waals surface area contributed by atoms with E-state index in [-0.39, 0.29) is 0 Å². The van der Waals surface area contributed by atoms with E-state index < -0.39 is 8.80 Å². The molecule has 0 bridgehead atoms. The molecule has 7 heteroatoms. The van der Waals surface area contributed by atoms with Crippen LogP contribution in [0.2, 0.25) is 6.04 Å². The lowest BCUT2D eigenvalue weighted by Gasteiger charge is -2.28. The molecule has 0 saturated heterocycles. The van der Waals surface area contributed by atoms with Gasteiger partial charge < -0.3 is 13.3 Å². The van der Waals surface area contributed by atoms with E-state index in [1.54, 1.807) is 0 Å². The van der Waals surface area contributed by atoms with Crippen LogP contribution in [0.1, 0.15) is 45.0 Å². The SMILES string of the molecule is CCO[Si](CCCCn1cnc(Cc2ccccc2)n1)(OCC)OCC. The molecule has 0 amide bonds. The van der Waals surface area contributed by atoms with E-state index in [9.17, 15) is 0 Å². The monoisotopic (exact) mass is 377 g/mol. The van der Waals surface area contributed by atoms with Crippen molar-refractivity contribution in [3.05, 3.63) is 48.0 Å². The Morgan fingerprint density at radius 1 is 0.923 bits per heavy atom. The third-order valence-electron chi connectivity index (χ3n) is 4.00. The second kappa shape index (κ2) is 11.2. The highest BCUT2D eigenvalue weighted by molar-refractivity contribution is 6.60. The summed E-state index contributed by atoms with van der Waals surface area (Å²) >= 11 is 0. The average Bonchev–Trinajstić information content (AvgIpc) is 3.08. The van der Waals surface area contributed by atoms with Crippen molar-refractivity contribution in [3.63, 3.8) is 0 Å². The zero-order chi connectivity index (χ0) is 18.7. The first-order valence-electron chi connectivity index (χ1n) is 9.55. The van der Waals surface area contributed by atoms with Crippen molar-refractivity contribution in [3.8, 4) is 0 Å². The number of nitrogens with zero attached hydrogens (tertiary/aromatic N) is 3. The van der Waals surface area contributed by atoms with Gasteiger partial charge in [-0.3, -0.25) is 4.68 Å². The van der Waals surface area contributed by atoms with Crippen LogP contribution in [0.25, 0.3) is 0 Å². The standard InChI is InChI=1S/C19H31N3O3Si/c1-4-23-26(24-5-2,25-6-3)15-11-10-14-22-17-20-19(21-22)16-18-12-8-7-9-13-18/h7-9,12-13,17H,4-6,10-11,14-16H2,1-3H3. The summed E-state index contributed by atoms with van der Waals surface area (Å²) in [5.41, 5.74) is 1.23. The van der Waals surface area contributed by atoms with Gasteiger partial charge in [-0.05, 0) is 39.2 Å². The maximum absolute atomic E-state index is 5.89. The first-order chi connectivity index (χ1) is 12.7. The van der Waals surface area contributed by atoms with Crippen molar-refractivity contribution in [2.45, 2.75) is 52.6 Å². The fourth-order valence-electron chi connectivity index (χ4n) is 2.92. The summed E-state index contributed by atoms with van der Waals surface area (Å²) in [7, 11) is -2.52. The largest absolute Gasteiger partial charge is 0.500 e. The minimum atomic E-state index is -2.52. The Hall–Kier alpha value is -1.54. The van der Waals surface area contributed by atoms with E-state index in [1.165, 1.54) is 5.56 Å². The number of aryl methyl sites for hydroxylation is 1. The Morgan fingerprint density at radius 2 is 1.58 bits per heavy atom. The number of unbranched alkanes of at least 4 members (excludes halogenated alkanes) is 1. The van der Waals surface area contributed by atoms with Gasteiger partial charge in [0.05, 0.1) is 0 Å². The zero-order valence-electron chi connectivity index (χ0n) is 16.2. The van der Waals surface area contributed by atoms with E-state index in [2.05, 4.69) is 22.2 Å². The van der Waals surface area contributed by atoms with Gasteiger partial charge in [0.1, 0.15) is 6.33 Å². The Morgan fingerprint density at radius 3 is 2.19 bits per heavy atom. The van der Waals surface area contributed by atoms with Crippen LogP contribution in [-0.2, 0) is 26.2 Å². The maximum atomic E-state index is 5.89. The highest BCUT2D eigenvalue weighted by Crippen LogP contribution is 2.19. The summed E-state index contributed by atoms with van der Waals surface area (Å²) in [6, 6.07) is 11.1. The lowest BCUT2D eigenvalue weighted by molar-refractivity contribution is 0.0706. The van der Waals surface area contributed by atoms with Crippen molar-refractivity contribution < 1.29 is 13.3 Å². The molecule has 6 nitrogen and oxygen atoms in total. The van der Waals surface area contributed by atoms with Crippen molar-refractivity contribution in [1.29, 1.82) is 0 Å². The highest BCUT2D eigenvalue weighted by Gasteiger charge is 2.39. The first-order valence-corrected chi connectivity index (χ1v) is 11.5. The molecule has 0 aliphatic carbocycles. The average molecular weight is 378 g/mol. The van der Waals surface area contributed by atoms with Crippen LogP contribution in [0, 0.1) is 0 Å². The van der Waals surface area contributed by atoms with E-state index in [4.69, 9.17) is 13.3 Å². The topological polar surface area (TPSA) is 58.4 Å².